The number of terminal acetylenes is 1. The molecule has 8 heteroatoms. The first-order valence-electron chi connectivity index (χ1n) is 7.39. The summed E-state index contributed by atoms with van der Waals surface area (Å²) in [6.45, 7) is 0.277. The summed E-state index contributed by atoms with van der Waals surface area (Å²) in [5, 5.41) is 16.7. The number of benzene rings is 1. The molecule has 0 saturated carbocycles. The molecule has 1 amide bonds. The van der Waals surface area contributed by atoms with Gasteiger partial charge < -0.3 is 5.32 Å². The lowest BCUT2D eigenvalue weighted by molar-refractivity contribution is 0.0945. The normalized spacial score (nSPS) is 14.3. The maximum atomic E-state index is 13.6. The molecule has 122 valence electrons. The van der Waals surface area contributed by atoms with Crippen LogP contribution in [0.3, 0.4) is 0 Å². The van der Waals surface area contributed by atoms with Crippen LogP contribution in [0, 0.1) is 18.2 Å². The third kappa shape index (κ3) is 3.01. The summed E-state index contributed by atoms with van der Waals surface area (Å²) in [6.07, 6.45) is 6.90. The molecule has 1 aromatic carbocycles. The third-order valence-electron chi connectivity index (χ3n) is 3.83. The first kappa shape index (κ1) is 15.8. The molecule has 2 heterocycles. The van der Waals surface area contributed by atoms with Crippen LogP contribution < -0.4 is 10.7 Å². The van der Waals surface area contributed by atoms with Crippen molar-refractivity contribution in [2.45, 2.75) is 24.9 Å². The third-order valence-corrected chi connectivity index (χ3v) is 3.83. The van der Waals surface area contributed by atoms with Crippen LogP contribution in [-0.2, 0) is 0 Å². The lowest BCUT2D eigenvalue weighted by Gasteiger charge is -2.09. The second-order valence-corrected chi connectivity index (χ2v) is 5.46. The predicted octanol–water partition coefficient (Wildman–Crippen LogP) is 1.76. The molecule has 7 nitrogen and oxygen atoms in total. The van der Waals surface area contributed by atoms with Crippen LogP contribution in [0.4, 0.5) is 4.39 Å². The Morgan fingerprint density at radius 2 is 2.17 bits per heavy atom. The van der Waals surface area contributed by atoms with E-state index in [-0.39, 0.29) is 23.1 Å². The molecule has 1 aromatic heterocycles. The number of nitrogens with zero attached hydrogens (tertiary/aromatic N) is 3. The average Bonchev–Trinajstić information content (AvgIpc) is 3.34. The van der Waals surface area contributed by atoms with Gasteiger partial charge in [0.1, 0.15) is 11.3 Å². The van der Waals surface area contributed by atoms with Gasteiger partial charge in [0.15, 0.2) is 11.4 Å². The first-order valence-corrected chi connectivity index (χ1v) is 7.39. The largest absolute Gasteiger partial charge is 0.350 e. The number of nitrogens with one attached hydrogen (secondary N) is 2. The fraction of sp³-hybridized carbons (Fsp3) is 0.312. The summed E-state index contributed by atoms with van der Waals surface area (Å²) in [6, 6.07) is 4.05. The minimum atomic E-state index is -0.629. The number of para-hydroxylation sites is 1. The Hall–Kier alpha value is -3.08. The number of amides is 1. The van der Waals surface area contributed by atoms with Crippen LogP contribution in [-0.4, -0.2) is 28.3 Å². The Morgan fingerprint density at radius 1 is 1.38 bits per heavy atom. The van der Waals surface area contributed by atoms with Gasteiger partial charge in [-0.2, -0.15) is 15.3 Å². The van der Waals surface area contributed by atoms with Crippen LogP contribution >= 0.6 is 0 Å². The predicted molar refractivity (Wildman–Crippen MR) is 84.9 cm³/mol. The van der Waals surface area contributed by atoms with E-state index < -0.39 is 22.8 Å². The van der Waals surface area contributed by atoms with Crippen LogP contribution in [0.5, 0.6) is 0 Å². The van der Waals surface area contributed by atoms with Crippen molar-refractivity contribution in [3.8, 4) is 12.3 Å². The molecule has 1 aliphatic rings. The van der Waals surface area contributed by atoms with Gasteiger partial charge in [0, 0.05) is 25.8 Å². The van der Waals surface area contributed by atoms with E-state index in [1.54, 1.807) is 0 Å². The van der Waals surface area contributed by atoms with Crippen molar-refractivity contribution in [1.29, 1.82) is 0 Å². The summed E-state index contributed by atoms with van der Waals surface area (Å²) in [5.74, 6) is 1.29. The lowest BCUT2D eigenvalue weighted by Crippen LogP contribution is -2.33. The van der Waals surface area contributed by atoms with Gasteiger partial charge in [0.05, 0.1) is 5.39 Å². The molecule has 0 bridgehead atoms. The molecule has 0 saturated heterocycles. The van der Waals surface area contributed by atoms with Crippen LogP contribution in [0.1, 0.15) is 29.8 Å². The summed E-state index contributed by atoms with van der Waals surface area (Å²) in [7, 11) is 0. The molecule has 3 rings (SSSR count). The van der Waals surface area contributed by atoms with Gasteiger partial charge in [-0.1, -0.05) is 6.07 Å². The zero-order valence-electron chi connectivity index (χ0n) is 12.7. The first-order chi connectivity index (χ1) is 11.6. The quantitative estimate of drug-likeness (QED) is 0.791. The van der Waals surface area contributed by atoms with E-state index in [2.05, 4.69) is 31.7 Å². The van der Waals surface area contributed by atoms with Gasteiger partial charge >= 0.3 is 0 Å². The second kappa shape index (κ2) is 6.20. The monoisotopic (exact) mass is 327 g/mol. The van der Waals surface area contributed by atoms with Crippen molar-refractivity contribution in [2.24, 2.45) is 10.2 Å². The fourth-order valence-electron chi connectivity index (χ4n) is 2.40. The summed E-state index contributed by atoms with van der Waals surface area (Å²) in [5.41, 5.74) is -1.46. The minimum absolute atomic E-state index is 0.0251. The highest BCUT2D eigenvalue weighted by atomic mass is 19.1. The molecule has 0 spiro atoms. The minimum Gasteiger partial charge on any atom is -0.350 e. The zero-order valence-corrected chi connectivity index (χ0v) is 12.7. The van der Waals surface area contributed by atoms with Gasteiger partial charge in [-0.3, -0.25) is 14.7 Å². The van der Waals surface area contributed by atoms with Crippen molar-refractivity contribution in [1.82, 2.24) is 15.5 Å². The number of hydrogen-bond donors (Lipinski definition) is 2. The molecule has 0 radical (unpaired) electrons. The van der Waals surface area contributed by atoms with Crippen molar-refractivity contribution in [3.05, 3.63) is 39.9 Å². The van der Waals surface area contributed by atoms with Crippen molar-refractivity contribution in [3.63, 3.8) is 0 Å². The number of carbonyl (C=O) groups excluding carboxylic acids is 1. The topological polar surface area (TPSA) is 99.6 Å². The summed E-state index contributed by atoms with van der Waals surface area (Å²) < 4.78 is 13.6. The molecule has 0 atom stereocenters. The zero-order chi connectivity index (χ0) is 17.2. The van der Waals surface area contributed by atoms with Gasteiger partial charge in [-0.05, 0) is 12.1 Å². The number of carbonyl (C=O) groups is 1. The number of aromatic amines is 1. The van der Waals surface area contributed by atoms with E-state index in [1.807, 2.05) is 0 Å². The maximum absolute atomic E-state index is 13.6. The molecular weight excluding hydrogens is 313 g/mol. The van der Waals surface area contributed by atoms with Gasteiger partial charge in [-0.15, -0.1) is 12.3 Å². The SMILES string of the molecule is C#CCCC1(CCNC(=O)c2n[nH]c3c(F)cccc3c2=O)N=N1. The maximum Gasteiger partial charge on any atom is 0.275 e. The number of rotatable bonds is 6. The summed E-state index contributed by atoms with van der Waals surface area (Å²) >= 11 is 0. The number of aromatic nitrogens is 2. The Morgan fingerprint density at radius 3 is 2.88 bits per heavy atom. The molecular formula is C16H14FN5O2. The average molecular weight is 327 g/mol. The highest BCUT2D eigenvalue weighted by Crippen LogP contribution is 2.35. The Kier molecular flexibility index (Phi) is 4.08. The molecule has 1 aliphatic heterocycles. The fourth-order valence-corrected chi connectivity index (χ4v) is 2.40. The van der Waals surface area contributed by atoms with Crippen molar-refractivity contribution in [2.75, 3.05) is 6.54 Å². The Labute approximate surface area is 136 Å². The molecule has 24 heavy (non-hydrogen) atoms. The Balaban J connectivity index is 1.68. The van der Waals surface area contributed by atoms with Crippen molar-refractivity contribution < 1.29 is 9.18 Å². The number of H-pyrrole nitrogens is 1. The van der Waals surface area contributed by atoms with Crippen LogP contribution in [0.2, 0.25) is 0 Å². The van der Waals surface area contributed by atoms with Gasteiger partial charge in [0.2, 0.25) is 5.43 Å². The van der Waals surface area contributed by atoms with E-state index in [0.717, 1.165) is 0 Å². The standard InChI is InChI=1S/C16H14FN5O2/c1-2-3-7-16(21-22-16)8-9-18-15(24)13-14(23)10-5-4-6-11(17)12(10)19-20-13/h1,4-6H,3,7-9H2,(H,18,24)(H,19,23). The highest BCUT2D eigenvalue weighted by molar-refractivity contribution is 5.95. The molecule has 0 aliphatic carbocycles. The van der Waals surface area contributed by atoms with E-state index in [1.165, 1.54) is 18.2 Å². The molecule has 0 fully saturated rings. The smallest absolute Gasteiger partial charge is 0.275 e. The van der Waals surface area contributed by atoms with Gasteiger partial charge in [-0.25, -0.2) is 4.39 Å². The number of fused-ring (bicyclic) bond motifs is 1. The second-order valence-electron chi connectivity index (χ2n) is 5.46. The van der Waals surface area contributed by atoms with E-state index in [9.17, 15) is 14.0 Å². The Bertz CT molecular complexity index is 922. The van der Waals surface area contributed by atoms with E-state index in [0.29, 0.717) is 19.3 Å². The van der Waals surface area contributed by atoms with Crippen LogP contribution in [0.25, 0.3) is 10.9 Å². The van der Waals surface area contributed by atoms with E-state index >= 15 is 0 Å². The van der Waals surface area contributed by atoms with Crippen LogP contribution in [0.15, 0.2) is 33.2 Å². The summed E-state index contributed by atoms with van der Waals surface area (Å²) in [4.78, 5) is 24.4. The highest BCUT2D eigenvalue weighted by Gasteiger charge is 2.38. The lowest BCUT2D eigenvalue weighted by atomic mass is 10.0. The molecule has 2 N–H and O–H groups in total. The number of hydrogen-bond acceptors (Lipinski definition) is 5. The molecule has 0 unspecified atom stereocenters. The van der Waals surface area contributed by atoms with Crippen molar-refractivity contribution >= 4 is 16.8 Å². The molecule has 2 aromatic rings. The van der Waals surface area contributed by atoms with E-state index in [4.69, 9.17) is 6.42 Å². The van der Waals surface area contributed by atoms with Gasteiger partial charge in [0.25, 0.3) is 5.91 Å². The number of halogens is 1.